The molecule has 2 rings (SSSR count). The lowest BCUT2D eigenvalue weighted by molar-refractivity contribution is 0.279. The molecule has 0 radical (unpaired) electrons. The first kappa shape index (κ1) is 13.6. The molecule has 1 saturated heterocycles. The van der Waals surface area contributed by atoms with E-state index in [1.807, 2.05) is 0 Å². The Kier molecular flexibility index (Phi) is 4.40. The van der Waals surface area contributed by atoms with Crippen molar-refractivity contribution < 1.29 is 5.11 Å². The molecule has 5 heteroatoms. The summed E-state index contributed by atoms with van der Waals surface area (Å²) in [4.78, 5) is 10.4. The van der Waals surface area contributed by atoms with Gasteiger partial charge in [-0.1, -0.05) is 25.4 Å². The second kappa shape index (κ2) is 5.85. The fraction of sp³-hybridized carbons (Fsp3) is 0.692. The molecular formula is C13H20ClN3O. The minimum Gasteiger partial charge on any atom is -0.391 e. The summed E-state index contributed by atoms with van der Waals surface area (Å²) in [6, 6.07) is 0. The Labute approximate surface area is 113 Å². The number of rotatable bonds is 3. The second-order valence-electron chi connectivity index (χ2n) is 5.19. The molecule has 1 aliphatic rings. The van der Waals surface area contributed by atoms with E-state index in [2.05, 4.69) is 28.7 Å². The molecule has 0 saturated carbocycles. The van der Waals surface area contributed by atoms with E-state index in [1.54, 1.807) is 0 Å². The van der Waals surface area contributed by atoms with Crippen molar-refractivity contribution in [2.24, 2.45) is 11.8 Å². The number of halogens is 1. The Morgan fingerprint density at radius 1 is 1.39 bits per heavy atom. The highest BCUT2D eigenvalue weighted by atomic mass is 35.5. The summed E-state index contributed by atoms with van der Waals surface area (Å²) in [6.45, 7) is 6.40. The van der Waals surface area contributed by atoms with Crippen molar-refractivity contribution in [3.8, 4) is 0 Å². The molecule has 0 spiro atoms. The fourth-order valence-corrected chi connectivity index (χ4v) is 2.76. The number of anilines is 1. The van der Waals surface area contributed by atoms with Crippen molar-refractivity contribution in [3.63, 3.8) is 0 Å². The Morgan fingerprint density at radius 3 is 2.61 bits per heavy atom. The Balaban J connectivity index is 2.12. The largest absolute Gasteiger partial charge is 0.391 e. The standard InChI is InChI=1S/C13H20ClN3O/c1-9(2)10-3-5-17(6-4-10)13-11(7-18)12(14)15-8-16-13/h8-10,18H,3-7H2,1-2H3. The van der Waals surface area contributed by atoms with Gasteiger partial charge < -0.3 is 10.0 Å². The number of aliphatic hydroxyl groups excluding tert-OH is 1. The molecule has 1 aromatic heterocycles. The molecular weight excluding hydrogens is 250 g/mol. The minimum absolute atomic E-state index is 0.112. The highest BCUT2D eigenvalue weighted by molar-refractivity contribution is 6.30. The van der Waals surface area contributed by atoms with Gasteiger partial charge >= 0.3 is 0 Å². The van der Waals surface area contributed by atoms with Crippen LogP contribution in [0, 0.1) is 11.8 Å². The van der Waals surface area contributed by atoms with Crippen LogP contribution in [0.4, 0.5) is 5.82 Å². The third-order valence-electron chi connectivity index (χ3n) is 3.81. The van der Waals surface area contributed by atoms with Gasteiger partial charge in [0.05, 0.1) is 12.2 Å². The molecule has 1 aromatic rings. The summed E-state index contributed by atoms with van der Waals surface area (Å²) in [6.07, 6.45) is 3.81. The van der Waals surface area contributed by atoms with Crippen molar-refractivity contribution in [1.82, 2.24) is 9.97 Å². The number of aliphatic hydroxyl groups is 1. The van der Waals surface area contributed by atoms with Crippen molar-refractivity contribution in [3.05, 3.63) is 17.0 Å². The first-order chi connectivity index (χ1) is 8.63. The van der Waals surface area contributed by atoms with Crippen molar-refractivity contribution in [2.75, 3.05) is 18.0 Å². The summed E-state index contributed by atoms with van der Waals surface area (Å²) < 4.78 is 0. The van der Waals surface area contributed by atoms with Crippen molar-refractivity contribution in [2.45, 2.75) is 33.3 Å². The normalized spacial score (nSPS) is 17.5. The van der Waals surface area contributed by atoms with Gasteiger partial charge in [-0.2, -0.15) is 0 Å². The van der Waals surface area contributed by atoms with Crippen LogP contribution in [-0.4, -0.2) is 28.2 Å². The van der Waals surface area contributed by atoms with Gasteiger partial charge in [0.15, 0.2) is 0 Å². The van der Waals surface area contributed by atoms with E-state index in [9.17, 15) is 5.11 Å². The maximum atomic E-state index is 9.38. The van der Waals surface area contributed by atoms with Gasteiger partial charge in [0.25, 0.3) is 0 Å². The fourth-order valence-electron chi connectivity index (χ4n) is 2.57. The number of hydrogen-bond acceptors (Lipinski definition) is 4. The first-order valence-corrected chi connectivity index (χ1v) is 6.86. The Hall–Kier alpha value is -0.870. The number of aromatic nitrogens is 2. The number of hydrogen-bond donors (Lipinski definition) is 1. The van der Waals surface area contributed by atoms with Crippen molar-refractivity contribution >= 4 is 17.4 Å². The molecule has 0 aromatic carbocycles. The Morgan fingerprint density at radius 2 is 2.06 bits per heavy atom. The quantitative estimate of drug-likeness (QED) is 0.857. The predicted octanol–water partition coefficient (Wildman–Crippen LogP) is 2.49. The molecule has 1 N–H and O–H groups in total. The zero-order valence-electron chi connectivity index (χ0n) is 10.9. The van der Waals surface area contributed by atoms with Crippen LogP contribution >= 0.6 is 11.6 Å². The number of nitrogens with zero attached hydrogens (tertiary/aromatic N) is 3. The van der Waals surface area contributed by atoms with E-state index >= 15 is 0 Å². The van der Waals surface area contributed by atoms with E-state index < -0.39 is 0 Å². The molecule has 0 amide bonds. The van der Waals surface area contributed by atoms with Crippen LogP contribution in [0.1, 0.15) is 32.3 Å². The highest BCUT2D eigenvalue weighted by Crippen LogP contribution is 2.30. The average molecular weight is 270 g/mol. The monoisotopic (exact) mass is 269 g/mol. The van der Waals surface area contributed by atoms with E-state index in [0.29, 0.717) is 10.7 Å². The summed E-state index contributed by atoms with van der Waals surface area (Å²) >= 11 is 5.99. The van der Waals surface area contributed by atoms with E-state index in [4.69, 9.17) is 11.6 Å². The zero-order chi connectivity index (χ0) is 13.1. The molecule has 0 atom stereocenters. The highest BCUT2D eigenvalue weighted by Gasteiger charge is 2.24. The Bertz CT molecular complexity index is 403. The smallest absolute Gasteiger partial charge is 0.140 e. The molecule has 4 nitrogen and oxygen atoms in total. The summed E-state index contributed by atoms with van der Waals surface area (Å²) in [5.74, 6) is 2.31. The van der Waals surface area contributed by atoms with Crippen LogP contribution < -0.4 is 4.90 Å². The van der Waals surface area contributed by atoms with Crippen molar-refractivity contribution in [1.29, 1.82) is 0 Å². The molecule has 0 bridgehead atoms. The molecule has 100 valence electrons. The second-order valence-corrected chi connectivity index (χ2v) is 5.55. The van der Waals surface area contributed by atoms with Gasteiger partial charge in [-0.15, -0.1) is 0 Å². The van der Waals surface area contributed by atoms with Crippen LogP contribution in [0.5, 0.6) is 0 Å². The van der Waals surface area contributed by atoms with Crippen LogP contribution in [0.25, 0.3) is 0 Å². The molecule has 0 unspecified atom stereocenters. The van der Waals surface area contributed by atoms with Crippen LogP contribution in [0.3, 0.4) is 0 Å². The van der Waals surface area contributed by atoms with Gasteiger partial charge in [0, 0.05) is 13.1 Å². The lowest BCUT2D eigenvalue weighted by Crippen LogP contribution is -2.36. The minimum atomic E-state index is -0.112. The lowest BCUT2D eigenvalue weighted by Gasteiger charge is -2.35. The zero-order valence-corrected chi connectivity index (χ0v) is 11.7. The van der Waals surface area contributed by atoms with E-state index in [0.717, 1.165) is 30.7 Å². The third-order valence-corrected chi connectivity index (χ3v) is 4.14. The summed E-state index contributed by atoms with van der Waals surface area (Å²) in [5.41, 5.74) is 0.641. The summed E-state index contributed by atoms with van der Waals surface area (Å²) in [7, 11) is 0. The third kappa shape index (κ3) is 2.75. The molecule has 1 aliphatic heterocycles. The van der Waals surface area contributed by atoms with Gasteiger partial charge in [-0.3, -0.25) is 0 Å². The average Bonchev–Trinajstić information content (AvgIpc) is 2.38. The molecule has 18 heavy (non-hydrogen) atoms. The van der Waals surface area contributed by atoms with E-state index in [1.165, 1.54) is 19.2 Å². The van der Waals surface area contributed by atoms with Gasteiger partial charge in [0.2, 0.25) is 0 Å². The first-order valence-electron chi connectivity index (χ1n) is 6.48. The van der Waals surface area contributed by atoms with Gasteiger partial charge in [0.1, 0.15) is 17.3 Å². The van der Waals surface area contributed by atoms with Gasteiger partial charge in [-0.05, 0) is 24.7 Å². The van der Waals surface area contributed by atoms with E-state index in [-0.39, 0.29) is 6.61 Å². The summed E-state index contributed by atoms with van der Waals surface area (Å²) in [5, 5.41) is 9.73. The topological polar surface area (TPSA) is 49.2 Å². The lowest BCUT2D eigenvalue weighted by atomic mass is 9.86. The van der Waals surface area contributed by atoms with Crippen LogP contribution in [0.15, 0.2) is 6.33 Å². The van der Waals surface area contributed by atoms with Gasteiger partial charge in [-0.25, -0.2) is 9.97 Å². The SMILES string of the molecule is CC(C)C1CCN(c2ncnc(Cl)c2CO)CC1. The predicted molar refractivity (Wildman–Crippen MR) is 72.7 cm³/mol. The maximum absolute atomic E-state index is 9.38. The molecule has 1 fully saturated rings. The molecule has 2 heterocycles. The maximum Gasteiger partial charge on any atom is 0.140 e. The van der Waals surface area contributed by atoms with Crippen LogP contribution in [-0.2, 0) is 6.61 Å². The molecule has 0 aliphatic carbocycles. The number of piperidine rings is 1. The van der Waals surface area contributed by atoms with Crippen LogP contribution in [0.2, 0.25) is 5.15 Å².